The van der Waals surface area contributed by atoms with Crippen LogP contribution in [0.4, 0.5) is 13.2 Å². The highest BCUT2D eigenvalue weighted by Crippen LogP contribution is 2.50. The van der Waals surface area contributed by atoms with E-state index in [1.54, 1.807) is 25.3 Å². The van der Waals surface area contributed by atoms with Gasteiger partial charge in [-0.3, -0.25) is 9.88 Å². The standard InChI is InChI=1S/C34H37F3N2O4/c1-5-42-31(40)19-41-17-23-10-8-12-38-30(23)18-43-24-15-28(35)32(29(36)16-24)33-27-14-22-9-6-7-11-25(22)26(27)13-21(2)39(33)20-34(3,4)37/h6-12,15-16,21,33H,5,13-14,17-20H2,1-4H3/t21-,33+/m1/s1. The Labute approximate surface area is 250 Å². The first-order valence-electron chi connectivity index (χ1n) is 14.6. The maximum atomic E-state index is 16.0. The molecule has 228 valence electrons. The first-order valence-corrected chi connectivity index (χ1v) is 14.6. The van der Waals surface area contributed by atoms with Crippen molar-refractivity contribution >= 4 is 11.5 Å². The molecular weight excluding hydrogens is 557 g/mol. The Morgan fingerprint density at radius 1 is 1.09 bits per heavy atom. The molecule has 0 saturated carbocycles. The Balaban J connectivity index is 1.40. The molecule has 9 heteroatoms. The van der Waals surface area contributed by atoms with Crippen LogP contribution in [0.1, 0.15) is 68.1 Å². The van der Waals surface area contributed by atoms with Crippen LogP contribution in [0.2, 0.25) is 0 Å². The molecule has 0 spiro atoms. The second-order valence-corrected chi connectivity index (χ2v) is 11.7. The van der Waals surface area contributed by atoms with Gasteiger partial charge >= 0.3 is 5.97 Å². The van der Waals surface area contributed by atoms with Gasteiger partial charge in [0.25, 0.3) is 0 Å². The van der Waals surface area contributed by atoms with Crippen molar-refractivity contribution in [2.24, 2.45) is 0 Å². The van der Waals surface area contributed by atoms with Crippen molar-refractivity contribution in [2.45, 2.75) is 71.5 Å². The molecule has 0 radical (unpaired) electrons. The fourth-order valence-electron chi connectivity index (χ4n) is 6.08. The number of esters is 1. The van der Waals surface area contributed by atoms with Crippen molar-refractivity contribution in [3.8, 4) is 5.75 Å². The van der Waals surface area contributed by atoms with Crippen LogP contribution < -0.4 is 4.74 Å². The summed E-state index contributed by atoms with van der Waals surface area (Å²) in [6.07, 6.45) is 2.82. The fraction of sp³-hybridized carbons (Fsp3) is 0.412. The van der Waals surface area contributed by atoms with Gasteiger partial charge in [-0.15, -0.1) is 0 Å². The molecule has 0 N–H and O–H groups in total. The number of alkyl halides is 1. The Bertz CT molecular complexity index is 1490. The number of hydrogen-bond acceptors (Lipinski definition) is 6. The third-order valence-electron chi connectivity index (χ3n) is 7.87. The molecule has 0 saturated heterocycles. The maximum Gasteiger partial charge on any atom is 0.332 e. The van der Waals surface area contributed by atoms with Crippen molar-refractivity contribution in [3.05, 3.63) is 99.9 Å². The SMILES string of the molecule is CCOC(=O)COCc1cccnc1COc1cc(F)c([C@@H]2C3=C(C[C@@H](C)N2CC(C)(C)F)c2ccccc2C3)c(F)c1. The second-order valence-electron chi connectivity index (χ2n) is 11.7. The fourth-order valence-corrected chi connectivity index (χ4v) is 6.08. The molecule has 0 bridgehead atoms. The van der Waals surface area contributed by atoms with Gasteiger partial charge in [-0.2, -0.15) is 0 Å². The Morgan fingerprint density at radius 3 is 2.56 bits per heavy atom. The van der Waals surface area contributed by atoms with Crippen LogP contribution in [0.15, 0.2) is 60.3 Å². The molecule has 2 atom stereocenters. The zero-order valence-corrected chi connectivity index (χ0v) is 25.0. The van der Waals surface area contributed by atoms with Crippen LogP contribution in [-0.4, -0.2) is 47.3 Å². The number of ether oxygens (including phenoxy) is 3. The van der Waals surface area contributed by atoms with Gasteiger partial charge in [0.2, 0.25) is 0 Å². The summed E-state index contributed by atoms with van der Waals surface area (Å²) < 4.78 is 63.1. The summed E-state index contributed by atoms with van der Waals surface area (Å²) in [6.45, 7) is 6.78. The van der Waals surface area contributed by atoms with Crippen LogP contribution in [-0.2, 0) is 33.9 Å². The minimum Gasteiger partial charge on any atom is -0.487 e. The predicted molar refractivity (Wildman–Crippen MR) is 157 cm³/mol. The quantitative estimate of drug-likeness (QED) is 0.225. The molecule has 5 rings (SSSR count). The number of carbonyl (C=O) groups excluding carboxylic acids is 1. The van der Waals surface area contributed by atoms with Gasteiger partial charge in [-0.1, -0.05) is 30.3 Å². The lowest BCUT2D eigenvalue weighted by Gasteiger charge is -2.44. The molecule has 2 aliphatic rings. The number of benzene rings is 2. The largest absolute Gasteiger partial charge is 0.487 e. The van der Waals surface area contributed by atoms with Crippen molar-refractivity contribution < 1.29 is 32.2 Å². The Morgan fingerprint density at radius 2 is 1.84 bits per heavy atom. The van der Waals surface area contributed by atoms with E-state index in [1.165, 1.54) is 26.0 Å². The average Bonchev–Trinajstić information content (AvgIpc) is 3.31. The van der Waals surface area contributed by atoms with E-state index < -0.39 is 29.3 Å². The molecule has 1 aromatic heterocycles. The third-order valence-corrected chi connectivity index (χ3v) is 7.87. The second kappa shape index (κ2) is 12.9. The summed E-state index contributed by atoms with van der Waals surface area (Å²) in [6, 6.07) is 13.0. The number of nitrogens with zero attached hydrogens (tertiary/aromatic N) is 2. The molecule has 1 aliphatic heterocycles. The first kappa shape index (κ1) is 30.8. The van der Waals surface area contributed by atoms with Gasteiger partial charge in [0.1, 0.15) is 36.3 Å². The molecule has 2 heterocycles. The van der Waals surface area contributed by atoms with Gasteiger partial charge in [-0.05, 0) is 68.9 Å². The summed E-state index contributed by atoms with van der Waals surface area (Å²) in [5, 5.41) is 0. The number of rotatable bonds is 11. The molecule has 6 nitrogen and oxygen atoms in total. The third kappa shape index (κ3) is 6.94. The minimum atomic E-state index is -1.56. The highest BCUT2D eigenvalue weighted by molar-refractivity contribution is 5.79. The summed E-state index contributed by atoms with van der Waals surface area (Å²) in [4.78, 5) is 17.8. The number of pyridine rings is 1. The van der Waals surface area contributed by atoms with Crippen molar-refractivity contribution in [3.63, 3.8) is 0 Å². The number of fused-ring (bicyclic) bond motifs is 2. The first-order chi connectivity index (χ1) is 20.6. The van der Waals surface area contributed by atoms with Gasteiger partial charge in [-0.25, -0.2) is 18.0 Å². The molecule has 3 aromatic rings. The average molecular weight is 595 g/mol. The van der Waals surface area contributed by atoms with Gasteiger partial charge in [0.15, 0.2) is 0 Å². The van der Waals surface area contributed by atoms with Crippen molar-refractivity contribution in [1.29, 1.82) is 0 Å². The van der Waals surface area contributed by atoms with E-state index in [9.17, 15) is 4.79 Å². The van der Waals surface area contributed by atoms with Gasteiger partial charge in [0, 0.05) is 42.0 Å². The number of aromatic nitrogens is 1. The molecule has 2 aromatic carbocycles. The van der Waals surface area contributed by atoms with Crippen LogP contribution in [0.5, 0.6) is 5.75 Å². The van der Waals surface area contributed by atoms with Crippen LogP contribution >= 0.6 is 0 Å². The van der Waals surface area contributed by atoms with E-state index in [1.807, 2.05) is 36.1 Å². The summed E-state index contributed by atoms with van der Waals surface area (Å²) in [7, 11) is 0. The highest BCUT2D eigenvalue weighted by Gasteiger charge is 2.43. The van der Waals surface area contributed by atoms with Gasteiger partial charge in [0.05, 0.1) is 24.9 Å². The topological polar surface area (TPSA) is 60.9 Å². The van der Waals surface area contributed by atoms with Crippen LogP contribution in [0.3, 0.4) is 0 Å². The maximum absolute atomic E-state index is 16.0. The zero-order valence-electron chi connectivity index (χ0n) is 25.0. The van der Waals surface area contributed by atoms with Crippen molar-refractivity contribution in [2.75, 3.05) is 19.8 Å². The lowest BCUT2D eigenvalue weighted by atomic mass is 9.84. The normalized spacial score (nSPS) is 18.4. The predicted octanol–water partition coefficient (Wildman–Crippen LogP) is 6.91. The van der Waals surface area contributed by atoms with E-state index in [2.05, 4.69) is 4.98 Å². The highest BCUT2D eigenvalue weighted by atomic mass is 19.1. The zero-order chi connectivity index (χ0) is 30.7. The Hall–Kier alpha value is -3.69. The molecule has 0 fully saturated rings. The van der Waals surface area contributed by atoms with E-state index in [-0.39, 0.29) is 50.3 Å². The number of carbonyl (C=O) groups is 1. The minimum absolute atomic E-state index is 0.00735. The molecule has 0 unspecified atom stereocenters. The molecule has 43 heavy (non-hydrogen) atoms. The summed E-state index contributed by atoms with van der Waals surface area (Å²) in [5.74, 6) is -1.97. The monoisotopic (exact) mass is 594 g/mol. The molecule has 0 amide bonds. The van der Waals surface area contributed by atoms with E-state index in [0.29, 0.717) is 24.1 Å². The van der Waals surface area contributed by atoms with Crippen LogP contribution in [0.25, 0.3) is 5.57 Å². The van der Waals surface area contributed by atoms with E-state index in [0.717, 1.165) is 22.3 Å². The lowest BCUT2D eigenvalue weighted by molar-refractivity contribution is -0.148. The van der Waals surface area contributed by atoms with Crippen molar-refractivity contribution in [1.82, 2.24) is 9.88 Å². The summed E-state index contributed by atoms with van der Waals surface area (Å²) in [5.41, 5.74) is 3.73. The summed E-state index contributed by atoms with van der Waals surface area (Å²) >= 11 is 0. The molecular formula is C34H37F3N2O4. The van der Waals surface area contributed by atoms with Gasteiger partial charge < -0.3 is 14.2 Å². The number of hydrogen-bond donors (Lipinski definition) is 0. The molecule has 1 aliphatic carbocycles. The van der Waals surface area contributed by atoms with E-state index >= 15 is 13.2 Å². The van der Waals surface area contributed by atoms with E-state index in [4.69, 9.17) is 14.2 Å². The Kier molecular flexibility index (Phi) is 9.22. The number of halogens is 3. The smallest absolute Gasteiger partial charge is 0.332 e. The lowest BCUT2D eigenvalue weighted by Crippen LogP contribution is -2.47. The van der Waals surface area contributed by atoms with Crippen LogP contribution in [0, 0.1) is 11.6 Å².